The van der Waals surface area contributed by atoms with Crippen LogP contribution in [-0.2, 0) is 9.59 Å². The number of amides is 2. The van der Waals surface area contributed by atoms with Crippen molar-refractivity contribution in [3.05, 3.63) is 0 Å². The van der Waals surface area contributed by atoms with E-state index in [9.17, 15) is 9.59 Å². The van der Waals surface area contributed by atoms with Crippen LogP contribution in [-0.4, -0.2) is 83.8 Å². The summed E-state index contributed by atoms with van der Waals surface area (Å²) in [5, 5.41) is 0. The quantitative estimate of drug-likeness (QED) is 0.771. The molecule has 0 aromatic carbocycles. The van der Waals surface area contributed by atoms with Gasteiger partial charge in [-0.3, -0.25) is 14.5 Å². The molecule has 1 atom stereocenters. The van der Waals surface area contributed by atoms with Crippen LogP contribution < -0.4 is 0 Å². The van der Waals surface area contributed by atoms with E-state index in [-0.39, 0.29) is 11.8 Å². The summed E-state index contributed by atoms with van der Waals surface area (Å²) in [6.45, 7) is 5.74. The number of likely N-dealkylation sites (tertiary alicyclic amines) is 3. The predicted octanol–water partition coefficient (Wildman–Crippen LogP) is 1.67. The second-order valence-corrected chi connectivity index (χ2v) is 8.28. The van der Waals surface area contributed by atoms with Crippen molar-refractivity contribution in [2.24, 2.45) is 5.92 Å². The van der Waals surface area contributed by atoms with Crippen molar-refractivity contribution in [2.75, 3.05) is 51.3 Å². The lowest BCUT2D eigenvalue weighted by Gasteiger charge is -2.42. The Hall–Kier alpha value is -0.750. The fraction of sp³-hybridized carbons (Fsp3) is 0.889. The van der Waals surface area contributed by atoms with E-state index in [0.29, 0.717) is 17.7 Å². The summed E-state index contributed by atoms with van der Waals surface area (Å²) in [6, 6.07) is 0.553. The maximum absolute atomic E-state index is 12.7. The van der Waals surface area contributed by atoms with Crippen molar-refractivity contribution < 1.29 is 9.59 Å². The molecule has 3 rings (SSSR count). The molecule has 2 amide bonds. The summed E-state index contributed by atoms with van der Waals surface area (Å²) in [7, 11) is 0. The molecule has 3 heterocycles. The average Bonchev–Trinajstić information content (AvgIpc) is 3.16. The van der Waals surface area contributed by atoms with Crippen LogP contribution in [0.1, 0.15) is 38.5 Å². The lowest BCUT2D eigenvalue weighted by Crippen LogP contribution is -2.52. The Morgan fingerprint density at radius 1 is 0.917 bits per heavy atom. The van der Waals surface area contributed by atoms with Crippen LogP contribution >= 0.6 is 11.8 Å². The van der Waals surface area contributed by atoms with Gasteiger partial charge in [0.15, 0.2) is 0 Å². The van der Waals surface area contributed by atoms with E-state index in [1.54, 1.807) is 11.8 Å². The smallest absolute Gasteiger partial charge is 0.232 e. The molecule has 0 radical (unpaired) electrons. The maximum Gasteiger partial charge on any atom is 0.232 e. The molecule has 0 bridgehead atoms. The third kappa shape index (κ3) is 4.26. The number of thioether (sulfide) groups is 1. The Morgan fingerprint density at radius 2 is 1.62 bits per heavy atom. The topological polar surface area (TPSA) is 43.9 Å². The molecule has 0 spiro atoms. The standard InChI is InChI=1S/C18H31N3O2S/c1-24-14-17(22)19-11-6-16(7-12-19)21-10-4-5-15(13-21)18(23)20-8-2-3-9-20/h15-16H,2-14H2,1H3. The van der Waals surface area contributed by atoms with E-state index in [4.69, 9.17) is 0 Å². The first-order valence-corrected chi connectivity index (χ1v) is 10.9. The minimum absolute atomic E-state index is 0.202. The molecule has 3 fully saturated rings. The second kappa shape index (κ2) is 8.56. The normalized spacial score (nSPS) is 26.8. The summed E-state index contributed by atoms with van der Waals surface area (Å²) in [4.78, 5) is 31.3. The zero-order valence-electron chi connectivity index (χ0n) is 14.9. The lowest BCUT2D eigenvalue weighted by atomic mass is 9.93. The van der Waals surface area contributed by atoms with Gasteiger partial charge in [-0.1, -0.05) is 0 Å². The van der Waals surface area contributed by atoms with Crippen LogP contribution in [0.3, 0.4) is 0 Å². The SMILES string of the molecule is CSCC(=O)N1CCC(N2CCCC(C(=O)N3CCCC3)C2)CC1. The summed E-state index contributed by atoms with van der Waals surface area (Å²) in [6.07, 6.45) is 8.63. The van der Waals surface area contributed by atoms with E-state index in [1.165, 1.54) is 12.8 Å². The number of rotatable bonds is 4. The molecular formula is C18H31N3O2S. The summed E-state index contributed by atoms with van der Waals surface area (Å²) in [5.74, 6) is 1.47. The molecular weight excluding hydrogens is 322 g/mol. The van der Waals surface area contributed by atoms with Crippen molar-refractivity contribution in [1.82, 2.24) is 14.7 Å². The van der Waals surface area contributed by atoms with E-state index < -0.39 is 0 Å². The molecule has 1 unspecified atom stereocenters. The highest BCUT2D eigenvalue weighted by Gasteiger charge is 2.34. The summed E-state index contributed by atoms with van der Waals surface area (Å²) < 4.78 is 0. The monoisotopic (exact) mass is 353 g/mol. The molecule has 3 aliphatic rings. The molecule has 3 aliphatic heterocycles. The van der Waals surface area contributed by atoms with Crippen LogP contribution in [0.4, 0.5) is 0 Å². The first kappa shape index (κ1) is 18.1. The fourth-order valence-corrected chi connectivity index (χ4v) is 4.86. The van der Waals surface area contributed by atoms with Gasteiger partial charge in [0.05, 0.1) is 11.7 Å². The number of hydrogen-bond donors (Lipinski definition) is 0. The second-order valence-electron chi connectivity index (χ2n) is 7.41. The average molecular weight is 354 g/mol. The highest BCUT2D eigenvalue weighted by atomic mass is 32.2. The molecule has 0 aromatic rings. The third-order valence-electron chi connectivity index (χ3n) is 5.82. The maximum atomic E-state index is 12.7. The van der Waals surface area contributed by atoms with E-state index in [2.05, 4.69) is 9.80 Å². The predicted molar refractivity (Wildman–Crippen MR) is 98.1 cm³/mol. The Kier molecular flexibility index (Phi) is 6.44. The van der Waals surface area contributed by atoms with Gasteiger partial charge in [0, 0.05) is 38.8 Å². The van der Waals surface area contributed by atoms with Crippen LogP contribution in [0.5, 0.6) is 0 Å². The number of piperidine rings is 2. The Morgan fingerprint density at radius 3 is 2.29 bits per heavy atom. The Balaban J connectivity index is 1.48. The van der Waals surface area contributed by atoms with Gasteiger partial charge < -0.3 is 9.80 Å². The highest BCUT2D eigenvalue weighted by Crippen LogP contribution is 2.26. The molecule has 0 saturated carbocycles. The first-order chi connectivity index (χ1) is 11.7. The minimum Gasteiger partial charge on any atom is -0.342 e. The van der Waals surface area contributed by atoms with Gasteiger partial charge in [-0.2, -0.15) is 11.8 Å². The van der Waals surface area contributed by atoms with Crippen molar-refractivity contribution in [3.63, 3.8) is 0 Å². The molecule has 0 N–H and O–H groups in total. The van der Waals surface area contributed by atoms with Gasteiger partial charge >= 0.3 is 0 Å². The summed E-state index contributed by atoms with van der Waals surface area (Å²) in [5.41, 5.74) is 0. The number of carbonyl (C=O) groups excluding carboxylic acids is 2. The largest absolute Gasteiger partial charge is 0.342 e. The van der Waals surface area contributed by atoms with Crippen molar-refractivity contribution in [1.29, 1.82) is 0 Å². The van der Waals surface area contributed by atoms with Crippen molar-refractivity contribution >= 4 is 23.6 Å². The lowest BCUT2D eigenvalue weighted by molar-refractivity contribution is -0.136. The third-order valence-corrected chi connectivity index (χ3v) is 6.36. The Labute approximate surface area is 150 Å². The zero-order chi connectivity index (χ0) is 16.9. The molecule has 6 heteroatoms. The van der Waals surface area contributed by atoms with Gasteiger partial charge in [0.2, 0.25) is 11.8 Å². The van der Waals surface area contributed by atoms with Gasteiger partial charge in [-0.15, -0.1) is 0 Å². The van der Waals surface area contributed by atoms with Crippen molar-refractivity contribution in [3.8, 4) is 0 Å². The van der Waals surface area contributed by atoms with Gasteiger partial charge in [0.25, 0.3) is 0 Å². The minimum atomic E-state index is 0.202. The molecule has 136 valence electrons. The fourth-order valence-electron chi connectivity index (χ4n) is 4.43. The number of nitrogens with zero attached hydrogens (tertiary/aromatic N) is 3. The van der Waals surface area contributed by atoms with E-state index >= 15 is 0 Å². The van der Waals surface area contributed by atoms with Crippen molar-refractivity contribution in [2.45, 2.75) is 44.6 Å². The highest BCUT2D eigenvalue weighted by molar-refractivity contribution is 7.99. The number of hydrogen-bond acceptors (Lipinski definition) is 4. The first-order valence-electron chi connectivity index (χ1n) is 9.48. The number of carbonyl (C=O) groups is 2. The van der Waals surface area contributed by atoms with E-state index in [0.717, 1.165) is 65.0 Å². The van der Waals surface area contributed by atoms with Crippen LogP contribution in [0, 0.1) is 5.92 Å². The molecule has 0 aliphatic carbocycles. The van der Waals surface area contributed by atoms with Gasteiger partial charge in [-0.05, 0) is 51.3 Å². The van der Waals surface area contributed by atoms with Crippen LogP contribution in [0.2, 0.25) is 0 Å². The molecule has 24 heavy (non-hydrogen) atoms. The van der Waals surface area contributed by atoms with Crippen LogP contribution in [0.25, 0.3) is 0 Å². The van der Waals surface area contributed by atoms with Crippen LogP contribution in [0.15, 0.2) is 0 Å². The Bertz CT molecular complexity index is 446. The van der Waals surface area contributed by atoms with Gasteiger partial charge in [-0.25, -0.2) is 0 Å². The molecule has 5 nitrogen and oxygen atoms in total. The van der Waals surface area contributed by atoms with Gasteiger partial charge in [0.1, 0.15) is 0 Å². The summed E-state index contributed by atoms with van der Waals surface area (Å²) >= 11 is 1.60. The zero-order valence-corrected chi connectivity index (χ0v) is 15.7. The van der Waals surface area contributed by atoms with E-state index in [1.807, 2.05) is 11.2 Å². The molecule has 3 saturated heterocycles. The molecule has 0 aromatic heterocycles.